The van der Waals surface area contributed by atoms with Gasteiger partial charge in [-0.25, -0.2) is 10.8 Å². The molecule has 54 valence electrons. The van der Waals surface area contributed by atoms with Crippen molar-refractivity contribution in [3.8, 4) is 0 Å². The average Bonchev–Trinajstić information content (AvgIpc) is 1.94. The number of aryl methyl sites for hydroxylation is 1. The lowest BCUT2D eigenvalue weighted by Crippen LogP contribution is -2.11. The van der Waals surface area contributed by atoms with Gasteiger partial charge in [-0.1, -0.05) is 0 Å². The Morgan fingerprint density at radius 3 is 2.70 bits per heavy atom. The highest BCUT2D eigenvalue weighted by molar-refractivity contribution is 5.60. The molecule has 0 amide bonds. The number of nitrogens with one attached hydrogen (secondary N) is 1. The van der Waals surface area contributed by atoms with Crippen molar-refractivity contribution in [2.75, 3.05) is 11.2 Å². The topological polar surface area (TPSA) is 77.0 Å². The second-order valence-corrected chi connectivity index (χ2v) is 2.03. The molecule has 0 saturated heterocycles. The molecule has 1 aromatic rings. The first-order valence-corrected chi connectivity index (χ1v) is 2.94. The molecule has 4 nitrogen and oxygen atoms in total. The van der Waals surface area contributed by atoms with Gasteiger partial charge in [-0.15, -0.1) is 0 Å². The van der Waals surface area contributed by atoms with Gasteiger partial charge in [0.15, 0.2) is 5.82 Å². The van der Waals surface area contributed by atoms with Crippen molar-refractivity contribution >= 4 is 11.5 Å². The minimum Gasteiger partial charge on any atom is -0.396 e. The fraction of sp³-hybridized carbons (Fsp3) is 0.167. The van der Waals surface area contributed by atoms with Gasteiger partial charge >= 0.3 is 0 Å². The molecular weight excluding hydrogens is 128 g/mol. The molecule has 0 aliphatic rings. The fourth-order valence-corrected chi connectivity index (χ4v) is 0.683. The zero-order valence-electron chi connectivity index (χ0n) is 5.76. The van der Waals surface area contributed by atoms with Crippen molar-refractivity contribution < 1.29 is 0 Å². The van der Waals surface area contributed by atoms with Crippen molar-refractivity contribution in [3.63, 3.8) is 0 Å². The molecule has 1 aromatic heterocycles. The number of aromatic nitrogens is 1. The normalized spacial score (nSPS) is 9.40. The minimum absolute atomic E-state index is 0.528. The van der Waals surface area contributed by atoms with Gasteiger partial charge in [0.1, 0.15) is 0 Å². The van der Waals surface area contributed by atoms with Gasteiger partial charge in [0, 0.05) is 5.69 Å². The van der Waals surface area contributed by atoms with Gasteiger partial charge < -0.3 is 11.2 Å². The molecule has 1 rings (SSSR count). The van der Waals surface area contributed by atoms with Crippen LogP contribution in [0.2, 0.25) is 0 Å². The van der Waals surface area contributed by atoms with Crippen LogP contribution in [0, 0.1) is 6.92 Å². The number of pyridine rings is 1. The average molecular weight is 138 g/mol. The minimum atomic E-state index is 0.528. The molecule has 10 heavy (non-hydrogen) atoms. The Morgan fingerprint density at radius 2 is 2.20 bits per heavy atom. The largest absolute Gasteiger partial charge is 0.396 e. The summed E-state index contributed by atoms with van der Waals surface area (Å²) >= 11 is 0. The van der Waals surface area contributed by atoms with E-state index in [2.05, 4.69) is 10.4 Å². The number of hydrogen-bond donors (Lipinski definition) is 3. The van der Waals surface area contributed by atoms with Crippen LogP contribution in [0.1, 0.15) is 5.69 Å². The molecule has 0 aromatic carbocycles. The van der Waals surface area contributed by atoms with E-state index in [0.29, 0.717) is 11.5 Å². The van der Waals surface area contributed by atoms with E-state index in [1.165, 1.54) is 0 Å². The lowest BCUT2D eigenvalue weighted by Gasteiger charge is -2.02. The molecule has 0 aliphatic heterocycles. The van der Waals surface area contributed by atoms with Crippen LogP contribution in [-0.4, -0.2) is 4.98 Å². The summed E-state index contributed by atoms with van der Waals surface area (Å²) in [5, 5.41) is 0. The summed E-state index contributed by atoms with van der Waals surface area (Å²) in [6, 6.07) is 3.59. The van der Waals surface area contributed by atoms with E-state index in [9.17, 15) is 0 Å². The molecular formula is C6H10N4. The third-order valence-corrected chi connectivity index (χ3v) is 1.20. The molecule has 0 unspecified atom stereocenters. The molecule has 4 heteroatoms. The summed E-state index contributed by atoms with van der Waals surface area (Å²) in [5.74, 6) is 5.65. The molecule has 0 radical (unpaired) electrons. The highest BCUT2D eigenvalue weighted by atomic mass is 15.3. The third kappa shape index (κ3) is 1.16. The first-order chi connectivity index (χ1) is 4.74. The number of anilines is 2. The highest BCUT2D eigenvalue weighted by Crippen LogP contribution is 2.12. The van der Waals surface area contributed by atoms with Crippen molar-refractivity contribution in [2.45, 2.75) is 6.92 Å². The van der Waals surface area contributed by atoms with Gasteiger partial charge in [-0.3, -0.25) is 0 Å². The lowest BCUT2D eigenvalue weighted by molar-refractivity contribution is 1.16. The number of nitrogens with zero attached hydrogens (tertiary/aromatic N) is 1. The molecule has 0 bridgehead atoms. The van der Waals surface area contributed by atoms with E-state index in [1.807, 2.05) is 13.0 Å². The van der Waals surface area contributed by atoms with Crippen LogP contribution in [0.25, 0.3) is 0 Å². The van der Waals surface area contributed by atoms with Gasteiger partial charge in [0.25, 0.3) is 0 Å². The Hall–Kier alpha value is -1.29. The molecule has 1 heterocycles. The summed E-state index contributed by atoms with van der Waals surface area (Å²) in [7, 11) is 0. The van der Waals surface area contributed by atoms with E-state index < -0.39 is 0 Å². The monoisotopic (exact) mass is 138 g/mol. The van der Waals surface area contributed by atoms with Crippen LogP contribution >= 0.6 is 0 Å². The molecule has 0 aliphatic carbocycles. The molecule has 0 fully saturated rings. The van der Waals surface area contributed by atoms with Gasteiger partial charge in [-0.05, 0) is 19.1 Å². The summed E-state index contributed by atoms with van der Waals surface area (Å²) in [6.07, 6.45) is 0. The van der Waals surface area contributed by atoms with Gasteiger partial charge in [0.2, 0.25) is 0 Å². The number of nitrogen functional groups attached to an aromatic ring is 2. The Kier molecular flexibility index (Phi) is 1.73. The summed E-state index contributed by atoms with van der Waals surface area (Å²) < 4.78 is 0. The van der Waals surface area contributed by atoms with Gasteiger partial charge in [0.05, 0.1) is 5.69 Å². The van der Waals surface area contributed by atoms with E-state index >= 15 is 0 Å². The van der Waals surface area contributed by atoms with Crippen LogP contribution in [0.4, 0.5) is 11.5 Å². The smallest absolute Gasteiger partial charge is 0.163 e. The lowest BCUT2D eigenvalue weighted by atomic mass is 10.3. The number of rotatable bonds is 1. The molecule has 5 N–H and O–H groups in total. The van der Waals surface area contributed by atoms with E-state index in [1.54, 1.807) is 6.07 Å². The molecule has 0 spiro atoms. The second kappa shape index (κ2) is 2.53. The Balaban J connectivity index is 3.09. The Morgan fingerprint density at radius 1 is 1.50 bits per heavy atom. The Labute approximate surface area is 59.2 Å². The van der Waals surface area contributed by atoms with Crippen LogP contribution < -0.4 is 17.0 Å². The summed E-state index contributed by atoms with van der Waals surface area (Å²) in [5.41, 5.74) is 9.35. The predicted molar refractivity (Wildman–Crippen MR) is 41.2 cm³/mol. The second-order valence-electron chi connectivity index (χ2n) is 2.03. The highest BCUT2D eigenvalue weighted by Gasteiger charge is 1.95. The number of nitrogens with two attached hydrogens (primary N) is 2. The molecule has 0 saturated carbocycles. The number of hydrogen-bond acceptors (Lipinski definition) is 4. The van der Waals surface area contributed by atoms with E-state index in [4.69, 9.17) is 11.6 Å². The van der Waals surface area contributed by atoms with E-state index in [-0.39, 0.29) is 0 Å². The van der Waals surface area contributed by atoms with Gasteiger partial charge in [-0.2, -0.15) is 0 Å². The van der Waals surface area contributed by atoms with Crippen molar-refractivity contribution in [2.24, 2.45) is 5.84 Å². The van der Waals surface area contributed by atoms with Crippen molar-refractivity contribution in [3.05, 3.63) is 17.8 Å². The SMILES string of the molecule is Cc1ccc(N)c(NN)n1. The zero-order valence-corrected chi connectivity index (χ0v) is 5.76. The standard InChI is InChI=1S/C6H10N4/c1-4-2-3-5(7)6(9-4)10-8/h2-3H,7-8H2,1H3,(H,9,10). The maximum atomic E-state index is 5.49. The summed E-state index contributed by atoms with van der Waals surface area (Å²) in [4.78, 5) is 4.03. The maximum absolute atomic E-state index is 5.49. The van der Waals surface area contributed by atoms with E-state index in [0.717, 1.165) is 5.69 Å². The van der Waals surface area contributed by atoms with Crippen LogP contribution in [0.5, 0.6) is 0 Å². The first kappa shape index (κ1) is 6.82. The quantitative estimate of drug-likeness (QED) is 0.384. The fourth-order valence-electron chi connectivity index (χ4n) is 0.683. The van der Waals surface area contributed by atoms with Crippen LogP contribution in [-0.2, 0) is 0 Å². The first-order valence-electron chi connectivity index (χ1n) is 2.94. The van der Waals surface area contributed by atoms with Crippen molar-refractivity contribution in [1.82, 2.24) is 4.98 Å². The predicted octanol–water partition coefficient (Wildman–Crippen LogP) is 0.258. The van der Waals surface area contributed by atoms with Crippen molar-refractivity contribution in [1.29, 1.82) is 0 Å². The zero-order chi connectivity index (χ0) is 7.56. The number of hydrazine groups is 1. The van der Waals surface area contributed by atoms with Crippen LogP contribution in [0.3, 0.4) is 0 Å². The maximum Gasteiger partial charge on any atom is 0.163 e. The Bertz CT molecular complexity index is 233. The molecule has 0 atom stereocenters. The van der Waals surface area contributed by atoms with Crippen LogP contribution in [0.15, 0.2) is 12.1 Å². The third-order valence-electron chi connectivity index (χ3n) is 1.20. The summed E-state index contributed by atoms with van der Waals surface area (Å²) in [6.45, 7) is 1.88.